The number of pyridine rings is 2. The minimum atomic E-state index is -0.308. The summed E-state index contributed by atoms with van der Waals surface area (Å²) in [5.41, 5.74) is 11.7. The summed E-state index contributed by atoms with van der Waals surface area (Å²) < 4.78 is 3.69. The van der Waals surface area contributed by atoms with Crippen molar-refractivity contribution < 1.29 is 9.90 Å². The number of hydrogen-bond donors (Lipinski definition) is 2. The zero-order valence-electron chi connectivity index (χ0n) is 19.6. The van der Waals surface area contributed by atoms with Crippen LogP contribution in [0.4, 0.5) is 11.5 Å². The lowest BCUT2D eigenvalue weighted by Gasteiger charge is -2.23. The van der Waals surface area contributed by atoms with Crippen molar-refractivity contribution >= 4 is 17.9 Å². The van der Waals surface area contributed by atoms with Crippen LogP contribution in [0, 0.1) is 12.3 Å². The predicted octanol–water partition coefficient (Wildman–Crippen LogP) is 2.42. The van der Waals surface area contributed by atoms with E-state index in [2.05, 4.69) is 36.4 Å². The third-order valence-corrected chi connectivity index (χ3v) is 6.50. The van der Waals surface area contributed by atoms with Crippen LogP contribution in [-0.2, 0) is 37.8 Å². The highest BCUT2D eigenvalue weighted by Gasteiger charge is 2.32. The summed E-state index contributed by atoms with van der Waals surface area (Å²) in [6.07, 6.45) is 6.10. The van der Waals surface area contributed by atoms with E-state index in [9.17, 15) is 14.7 Å². The first kappa shape index (κ1) is 22.8. The first-order valence-corrected chi connectivity index (χ1v) is 11.1. The molecule has 33 heavy (non-hydrogen) atoms. The van der Waals surface area contributed by atoms with E-state index in [0.717, 1.165) is 19.3 Å². The molecule has 174 valence electrons. The molecular weight excluding hydrogens is 418 g/mol. The van der Waals surface area contributed by atoms with E-state index in [1.165, 1.54) is 26.4 Å². The minimum Gasteiger partial charge on any atom is -0.394 e. The van der Waals surface area contributed by atoms with Gasteiger partial charge in [0.05, 0.1) is 12.3 Å². The highest BCUT2D eigenvalue weighted by molar-refractivity contribution is 5.80. The second-order valence-electron chi connectivity index (χ2n) is 9.64. The van der Waals surface area contributed by atoms with E-state index in [0.29, 0.717) is 35.6 Å². The van der Waals surface area contributed by atoms with Gasteiger partial charge in [0.15, 0.2) is 0 Å². The Balaban J connectivity index is 1.66. The van der Waals surface area contributed by atoms with Crippen LogP contribution in [0.15, 0.2) is 35.4 Å². The lowest BCUT2D eigenvalue weighted by molar-refractivity contribution is -0.107. The molecule has 3 heterocycles. The van der Waals surface area contributed by atoms with Crippen LogP contribution in [0.5, 0.6) is 0 Å². The molecule has 8 nitrogen and oxygen atoms in total. The number of anilines is 2. The van der Waals surface area contributed by atoms with Crippen LogP contribution in [-0.4, -0.2) is 32.2 Å². The molecule has 0 radical (unpaired) electrons. The van der Waals surface area contributed by atoms with Gasteiger partial charge in [-0.3, -0.25) is 14.5 Å². The Kier molecular flexibility index (Phi) is 5.88. The van der Waals surface area contributed by atoms with Crippen molar-refractivity contribution in [3.05, 3.63) is 63.5 Å². The SMILES string of the molecule is Cc1cc2c(n1CCN(C=O)c1nccc(-c3cc(N)c(=O)n(C)c3)c1CO)CC(C)(C)C2. The Morgan fingerprint density at radius 1 is 1.30 bits per heavy atom. The second-order valence-corrected chi connectivity index (χ2v) is 9.64. The topological polar surface area (TPSA) is 106 Å². The zero-order chi connectivity index (χ0) is 23.9. The molecule has 0 aliphatic heterocycles. The number of aliphatic hydroxyl groups is 1. The van der Waals surface area contributed by atoms with E-state index in [1.807, 2.05) is 0 Å². The summed E-state index contributed by atoms with van der Waals surface area (Å²) in [5, 5.41) is 10.2. The molecule has 0 atom stereocenters. The largest absolute Gasteiger partial charge is 0.394 e. The van der Waals surface area contributed by atoms with Crippen molar-refractivity contribution in [1.29, 1.82) is 0 Å². The van der Waals surface area contributed by atoms with Crippen molar-refractivity contribution in [2.75, 3.05) is 17.2 Å². The number of fused-ring (bicyclic) bond motifs is 1. The third kappa shape index (κ3) is 4.18. The average Bonchev–Trinajstić information content (AvgIpc) is 3.21. The quantitative estimate of drug-likeness (QED) is 0.539. The van der Waals surface area contributed by atoms with Crippen LogP contribution < -0.4 is 16.2 Å². The van der Waals surface area contributed by atoms with Crippen molar-refractivity contribution in [3.63, 3.8) is 0 Å². The summed E-state index contributed by atoms with van der Waals surface area (Å²) in [6.45, 7) is 7.40. The van der Waals surface area contributed by atoms with Gasteiger partial charge in [0.1, 0.15) is 5.82 Å². The van der Waals surface area contributed by atoms with Crippen molar-refractivity contribution in [1.82, 2.24) is 14.1 Å². The number of hydrogen-bond acceptors (Lipinski definition) is 5. The number of nitrogens with two attached hydrogens (primary N) is 1. The van der Waals surface area contributed by atoms with Crippen LogP contribution in [0.3, 0.4) is 0 Å². The molecule has 3 aromatic rings. The number of carbonyl (C=O) groups is 1. The lowest BCUT2D eigenvalue weighted by Crippen LogP contribution is -2.29. The molecule has 3 N–H and O–H groups in total. The minimum absolute atomic E-state index is 0.115. The van der Waals surface area contributed by atoms with Crippen LogP contribution >= 0.6 is 0 Å². The number of nitrogen functional groups attached to an aromatic ring is 1. The summed E-state index contributed by atoms with van der Waals surface area (Å²) in [6, 6.07) is 5.58. The maximum atomic E-state index is 12.1. The molecule has 1 aliphatic carbocycles. The Bertz CT molecular complexity index is 1250. The number of rotatable bonds is 7. The van der Waals surface area contributed by atoms with E-state index >= 15 is 0 Å². The normalized spacial score (nSPS) is 14.3. The standard InChI is InChI=1S/C25H31N5O3/c1-16-9-17-11-25(2,3)12-22(17)30(16)8-7-29(15-32)23-20(14-31)19(5-6-27-23)18-10-21(26)24(33)28(4)13-18/h5-6,9-10,13,15,31H,7-8,11-12,14,26H2,1-4H3. The predicted molar refractivity (Wildman–Crippen MR) is 129 cm³/mol. The number of nitrogens with zero attached hydrogens (tertiary/aromatic N) is 4. The molecule has 4 rings (SSSR count). The molecule has 8 heteroatoms. The van der Waals surface area contributed by atoms with Gasteiger partial charge in [0, 0.05) is 55.0 Å². The molecule has 3 aromatic heterocycles. The van der Waals surface area contributed by atoms with Crippen LogP contribution in [0.25, 0.3) is 11.1 Å². The molecule has 1 aliphatic rings. The highest BCUT2D eigenvalue weighted by atomic mass is 16.3. The van der Waals surface area contributed by atoms with Gasteiger partial charge < -0.3 is 20.0 Å². The van der Waals surface area contributed by atoms with E-state index < -0.39 is 0 Å². The zero-order valence-corrected chi connectivity index (χ0v) is 19.6. The summed E-state index contributed by atoms with van der Waals surface area (Å²) >= 11 is 0. The molecule has 0 fully saturated rings. The molecule has 0 saturated carbocycles. The molecule has 0 saturated heterocycles. The number of amides is 1. The van der Waals surface area contributed by atoms with Crippen LogP contribution in [0.1, 0.15) is 36.4 Å². The Hall–Kier alpha value is -3.39. The second kappa shape index (κ2) is 8.51. The molecular formula is C25H31N5O3. The number of carbonyl (C=O) groups excluding carboxylic acids is 1. The fourth-order valence-electron chi connectivity index (χ4n) is 4.96. The molecule has 1 amide bonds. The van der Waals surface area contributed by atoms with Gasteiger partial charge in [0.25, 0.3) is 5.56 Å². The van der Waals surface area contributed by atoms with Gasteiger partial charge in [-0.2, -0.15) is 0 Å². The Morgan fingerprint density at radius 2 is 2.06 bits per heavy atom. The van der Waals surface area contributed by atoms with Crippen LogP contribution in [0.2, 0.25) is 0 Å². The summed E-state index contributed by atoms with van der Waals surface area (Å²) in [7, 11) is 1.62. The number of aromatic nitrogens is 3. The van der Waals surface area contributed by atoms with E-state index in [1.54, 1.807) is 31.6 Å². The average molecular weight is 450 g/mol. The van der Waals surface area contributed by atoms with Gasteiger partial charge in [-0.1, -0.05) is 13.8 Å². The smallest absolute Gasteiger partial charge is 0.273 e. The first-order valence-electron chi connectivity index (χ1n) is 11.1. The summed E-state index contributed by atoms with van der Waals surface area (Å²) in [5.74, 6) is 0.402. The first-order chi connectivity index (χ1) is 15.6. The van der Waals surface area contributed by atoms with Gasteiger partial charge >= 0.3 is 0 Å². The molecule has 0 aromatic carbocycles. The van der Waals surface area contributed by atoms with Crippen molar-refractivity contribution in [2.45, 2.75) is 46.8 Å². The third-order valence-electron chi connectivity index (χ3n) is 6.50. The maximum absolute atomic E-state index is 12.1. The number of aliphatic hydroxyl groups excluding tert-OH is 1. The highest BCUT2D eigenvalue weighted by Crippen LogP contribution is 2.38. The van der Waals surface area contributed by atoms with Gasteiger partial charge in [-0.15, -0.1) is 0 Å². The Morgan fingerprint density at radius 3 is 2.73 bits per heavy atom. The molecule has 0 unspecified atom stereocenters. The maximum Gasteiger partial charge on any atom is 0.273 e. The van der Waals surface area contributed by atoms with Gasteiger partial charge in [-0.05, 0) is 54.5 Å². The van der Waals surface area contributed by atoms with E-state index in [-0.39, 0.29) is 23.3 Å². The Labute approximate surface area is 193 Å². The fourth-order valence-corrected chi connectivity index (χ4v) is 4.96. The van der Waals surface area contributed by atoms with Gasteiger partial charge in [-0.25, -0.2) is 4.98 Å². The van der Waals surface area contributed by atoms with Crippen molar-refractivity contribution in [2.24, 2.45) is 12.5 Å². The van der Waals surface area contributed by atoms with E-state index in [4.69, 9.17) is 5.73 Å². The fraction of sp³-hybridized carbons (Fsp3) is 0.400. The summed E-state index contributed by atoms with van der Waals surface area (Å²) in [4.78, 5) is 30.0. The van der Waals surface area contributed by atoms with Gasteiger partial charge in [0.2, 0.25) is 6.41 Å². The monoisotopic (exact) mass is 449 g/mol. The van der Waals surface area contributed by atoms with Crippen molar-refractivity contribution in [3.8, 4) is 11.1 Å². The lowest BCUT2D eigenvalue weighted by atomic mass is 9.90. The molecule has 0 spiro atoms. The number of aryl methyl sites for hydroxylation is 2. The molecule has 0 bridgehead atoms.